The molecule has 1 aromatic heterocycles. The van der Waals surface area contributed by atoms with E-state index in [0.29, 0.717) is 6.54 Å². The van der Waals surface area contributed by atoms with Crippen LogP contribution in [0.2, 0.25) is 0 Å². The second kappa shape index (κ2) is 6.84. The molecule has 3 rings (SSSR count). The number of likely N-dealkylation sites (tertiary alicyclic amines) is 1. The van der Waals surface area contributed by atoms with Crippen molar-refractivity contribution in [1.82, 2.24) is 14.6 Å². The van der Waals surface area contributed by atoms with Crippen LogP contribution in [0.4, 0.5) is 0 Å². The number of hydrogen-bond donors (Lipinski definition) is 1. The number of aromatic nitrogens is 1. The van der Waals surface area contributed by atoms with Crippen molar-refractivity contribution in [2.45, 2.75) is 43.9 Å². The molecule has 128 valence electrons. The van der Waals surface area contributed by atoms with Crippen LogP contribution in [0.5, 0.6) is 0 Å². The topological polar surface area (TPSA) is 71.5 Å². The molecule has 0 bridgehead atoms. The number of rotatable bonds is 5. The minimum absolute atomic E-state index is 0.0168. The van der Waals surface area contributed by atoms with Gasteiger partial charge in [-0.15, -0.1) is 0 Å². The van der Waals surface area contributed by atoms with Gasteiger partial charge in [0.25, 0.3) is 0 Å². The molecule has 2 aliphatic heterocycles. The van der Waals surface area contributed by atoms with Gasteiger partial charge in [-0.2, -0.15) is 0 Å². The van der Waals surface area contributed by atoms with Gasteiger partial charge in [-0.05, 0) is 37.3 Å². The van der Waals surface area contributed by atoms with Crippen LogP contribution < -0.4 is 4.72 Å². The highest BCUT2D eigenvalue weighted by atomic mass is 32.2. The number of sulfonamides is 1. The Morgan fingerprint density at radius 1 is 1.48 bits per heavy atom. The molecule has 0 unspecified atom stereocenters. The lowest BCUT2D eigenvalue weighted by Gasteiger charge is -2.38. The van der Waals surface area contributed by atoms with Crippen molar-refractivity contribution in [2.75, 3.05) is 25.9 Å². The molecule has 1 spiro atoms. The summed E-state index contributed by atoms with van der Waals surface area (Å²) in [6.07, 6.45) is 8.97. The van der Waals surface area contributed by atoms with Gasteiger partial charge >= 0.3 is 0 Å². The standard InChI is InChI=1S/C16H25N3O3S/c1-23(20,21)18-11-15-5-2-6-16(22-15)7-9-19(13-16)12-14-4-3-8-17-10-14/h3-4,8,10,15,18H,2,5-7,9,11-13H2,1H3/t15-,16+/m0/s1. The second-order valence-electron chi connectivity index (χ2n) is 6.76. The molecule has 6 nitrogen and oxygen atoms in total. The third-order valence-electron chi connectivity index (χ3n) is 4.67. The van der Waals surface area contributed by atoms with Crippen molar-refractivity contribution in [3.8, 4) is 0 Å². The zero-order valence-corrected chi connectivity index (χ0v) is 14.4. The molecule has 7 heteroatoms. The second-order valence-corrected chi connectivity index (χ2v) is 8.59. The Morgan fingerprint density at radius 2 is 2.35 bits per heavy atom. The van der Waals surface area contributed by atoms with Crippen molar-refractivity contribution < 1.29 is 13.2 Å². The zero-order chi connectivity index (χ0) is 16.3. The molecule has 2 fully saturated rings. The van der Waals surface area contributed by atoms with E-state index in [1.165, 1.54) is 11.8 Å². The van der Waals surface area contributed by atoms with Gasteiger partial charge in [0.05, 0.1) is 18.0 Å². The smallest absolute Gasteiger partial charge is 0.208 e. The lowest BCUT2D eigenvalue weighted by atomic mass is 9.90. The highest BCUT2D eigenvalue weighted by Crippen LogP contribution is 2.37. The summed E-state index contributed by atoms with van der Waals surface area (Å²) >= 11 is 0. The van der Waals surface area contributed by atoms with E-state index in [-0.39, 0.29) is 11.7 Å². The number of nitrogens with zero attached hydrogens (tertiary/aromatic N) is 2. The van der Waals surface area contributed by atoms with Gasteiger partial charge in [0.2, 0.25) is 10.0 Å². The van der Waals surface area contributed by atoms with Gasteiger partial charge < -0.3 is 4.74 Å². The average molecular weight is 339 g/mol. The maximum absolute atomic E-state index is 11.3. The van der Waals surface area contributed by atoms with E-state index < -0.39 is 10.0 Å². The summed E-state index contributed by atoms with van der Waals surface area (Å²) in [7, 11) is -3.16. The molecule has 0 amide bonds. The minimum atomic E-state index is -3.16. The highest BCUT2D eigenvalue weighted by molar-refractivity contribution is 7.88. The first-order valence-electron chi connectivity index (χ1n) is 8.18. The van der Waals surface area contributed by atoms with Crippen LogP contribution >= 0.6 is 0 Å². The van der Waals surface area contributed by atoms with E-state index in [1.807, 2.05) is 12.3 Å². The van der Waals surface area contributed by atoms with Gasteiger partial charge in [-0.3, -0.25) is 9.88 Å². The Morgan fingerprint density at radius 3 is 3.09 bits per heavy atom. The molecule has 0 aromatic carbocycles. The van der Waals surface area contributed by atoms with Crippen LogP contribution in [0.3, 0.4) is 0 Å². The summed E-state index contributed by atoms with van der Waals surface area (Å²) in [5.74, 6) is 0. The van der Waals surface area contributed by atoms with Gasteiger partial charge in [-0.1, -0.05) is 6.07 Å². The molecule has 2 saturated heterocycles. The molecule has 2 atom stereocenters. The van der Waals surface area contributed by atoms with Gasteiger partial charge in [0, 0.05) is 38.6 Å². The van der Waals surface area contributed by atoms with Gasteiger partial charge in [0.1, 0.15) is 0 Å². The molecule has 3 heterocycles. The van der Waals surface area contributed by atoms with E-state index in [1.54, 1.807) is 6.20 Å². The van der Waals surface area contributed by atoms with E-state index in [4.69, 9.17) is 4.74 Å². The van der Waals surface area contributed by atoms with Crippen LogP contribution in [0.1, 0.15) is 31.2 Å². The summed E-state index contributed by atoms with van der Waals surface area (Å²) in [6, 6.07) is 4.06. The first-order valence-corrected chi connectivity index (χ1v) is 10.1. The lowest BCUT2D eigenvalue weighted by molar-refractivity contribution is -0.118. The fourth-order valence-corrected chi connectivity index (χ4v) is 4.11. The quantitative estimate of drug-likeness (QED) is 0.871. The predicted octanol–water partition coefficient (Wildman–Crippen LogP) is 1.14. The Bertz CT molecular complexity index is 623. The average Bonchev–Trinajstić information content (AvgIpc) is 2.88. The Labute approximate surface area is 138 Å². The maximum atomic E-state index is 11.3. The summed E-state index contributed by atoms with van der Waals surface area (Å²) in [6.45, 7) is 3.20. The van der Waals surface area contributed by atoms with Gasteiger partial charge in [0.15, 0.2) is 0 Å². The normalized spacial score (nSPS) is 29.2. The molecule has 0 radical (unpaired) electrons. The van der Waals surface area contributed by atoms with Crippen LogP contribution in [0.15, 0.2) is 24.5 Å². The monoisotopic (exact) mass is 339 g/mol. The Kier molecular flexibility index (Phi) is 5.01. The summed E-state index contributed by atoms with van der Waals surface area (Å²) < 4.78 is 31.4. The molecule has 0 aliphatic carbocycles. The molecule has 1 N–H and O–H groups in total. The summed E-state index contributed by atoms with van der Waals surface area (Å²) in [5.41, 5.74) is 1.11. The Hall–Kier alpha value is -1.02. The zero-order valence-electron chi connectivity index (χ0n) is 13.6. The van der Waals surface area contributed by atoms with Crippen molar-refractivity contribution >= 4 is 10.0 Å². The maximum Gasteiger partial charge on any atom is 0.208 e. The third-order valence-corrected chi connectivity index (χ3v) is 5.36. The highest BCUT2D eigenvalue weighted by Gasteiger charge is 2.42. The molecular weight excluding hydrogens is 314 g/mol. The van der Waals surface area contributed by atoms with Crippen molar-refractivity contribution in [3.05, 3.63) is 30.1 Å². The molecule has 2 aliphatic rings. The predicted molar refractivity (Wildman–Crippen MR) is 88.4 cm³/mol. The summed E-state index contributed by atoms with van der Waals surface area (Å²) in [4.78, 5) is 6.57. The third kappa shape index (κ3) is 4.73. The fourth-order valence-electron chi connectivity index (χ4n) is 3.62. The van der Waals surface area contributed by atoms with Gasteiger partial charge in [-0.25, -0.2) is 13.1 Å². The fraction of sp³-hybridized carbons (Fsp3) is 0.688. The summed E-state index contributed by atoms with van der Waals surface area (Å²) in [5, 5.41) is 0. The first kappa shape index (κ1) is 16.8. The largest absolute Gasteiger partial charge is 0.369 e. The van der Waals surface area contributed by atoms with E-state index >= 15 is 0 Å². The van der Waals surface area contributed by atoms with Crippen molar-refractivity contribution in [2.24, 2.45) is 0 Å². The molecular formula is C16H25N3O3S. The van der Waals surface area contributed by atoms with Crippen LogP contribution in [0.25, 0.3) is 0 Å². The van der Waals surface area contributed by atoms with Crippen molar-refractivity contribution in [1.29, 1.82) is 0 Å². The molecule has 23 heavy (non-hydrogen) atoms. The van der Waals surface area contributed by atoms with Crippen LogP contribution in [-0.2, 0) is 21.3 Å². The van der Waals surface area contributed by atoms with Crippen molar-refractivity contribution in [3.63, 3.8) is 0 Å². The van der Waals surface area contributed by atoms with Crippen LogP contribution in [-0.4, -0.2) is 55.9 Å². The molecule has 0 saturated carbocycles. The number of pyridine rings is 1. The lowest BCUT2D eigenvalue weighted by Crippen LogP contribution is -2.46. The SMILES string of the molecule is CS(=O)(=O)NC[C@@H]1CCC[C@]2(CCN(Cc3cccnc3)C2)O1. The minimum Gasteiger partial charge on any atom is -0.369 e. The van der Waals surface area contributed by atoms with E-state index in [0.717, 1.165) is 45.3 Å². The Balaban J connectivity index is 1.55. The first-order chi connectivity index (χ1) is 10.9. The van der Waals surface area contributed by atoms with E-state index in [9.17, 15) is 8.42 Å². The number of ether oxygens (including phenoxy) is 1. The number of hydrogen-bond acceptors (Lipinski definition) is 5. The van der Waals surface area contributed by atoms with E-state index in [2.05, 4.69) is 20.7 Å². The van der Waals surface area contributed by atoms with Crippen LogP contribution in [0, 0.1) is 0 Å². The number of nitrogens with one attached hydrogen (secondary N) is 1. The molecule has 1 aromatic rings.